The highest BCUT2D eigenvalue weighted by Crippen LogP contribution is 2.01. The standard InChI is InChI=1S/C7H11N3O2/c8-4-5(11)7(12)10-6-2-1-3-9-6/h1-3,5,9,11H,4,8H2,(H,10,12). The van der Waals surface area contributed by atoms with Crippen LogP contribution < -0.4 is 11.1 Å². The van der Waals surface area contributed by atoms with Crippen LogP contribution >= 0.6 is 0 Å². The van der Waals surface area contributed by atoms with Crippen LogP contribution in [-0.4, -0.2) is 28.6 Å². The molecule has 1 heterocycles. The molecule has 1 aromatic heterocycles. The van der Waals surface area contributed by atoms with E-state index in [9.17, 15) is 4.79 Å². The number of aromatic nitrogens is 1. The lowest BCUT2D eigenvalue weighted by Crippen LogP contribution is -2.34. The maximum atomic E-state index is 11.0. The largest absolute Gasteiger partial charge is 0.382 e. The summed E-state index contributed by atoms with van der Waals surface area (Å²) in [4.78, 5) is 13.7. The minimum Gasteiger partial charge on any atom is -0.382 e. The fourth-order valence-corrected chi connectivity index (χ4v) is 0.731. The van der Waals surface area contributed by atoms with E-state index in [1.165, 1.54) is 0 Å². The Kier molecular flexibility index (Phi) is 2.84. The molecule has 0 aliphatic carbocycles. The Morgan fingerprint density at radius 3 is 3.08 bits per heavy atom. The molecule has 1 unspecified atom stereocenters. The number of amides is 1. The normalized spacial score (nSPS) is 12.5. The number of carbonyl (C=O) groups excluding carboxylic acids is 1. The summed E-state index contributed by atoms with van der Waals surface area (Å²) in [5.41, 5.74) is 5.08. The molecule has 0 saturated carbocycles. The molecule has 0 aliphatic rings. The van der Waals surface area contributed by atoms with Crippen LogP contribution in [0.15, 0.2) is 18.3 Å². The molecular formula is C7H11N3O2. The SMILES string of the molecule is NCC(O)C(=O)Nc1ccc[nH]1. The lowest BCUT2D eigenvalue weighted by atomic mass is 10.3. The fourth-order valence-electron chi connectivity index (χ4n) is 0.731. The molecular weight excluding hydrogens is 158 g/mol. The molecule has 5 nitrogen and oxygen atoms in total. The van der Waals surface area contributed by atoms with Crippen LogP contribution in [0.25, 0.3) is 0 Å². The average Bonchev–Trinajstić information content (AvgIpc) is 2.55. The van der Waals surface area contributed by atoms with Gasteiger partial charge in [0, 0.05) is 12.7 Å². The minimum absolute atomic E-state index is 0.0768. The van der Waals surface area contributed by atoms with Crippen molar-refractivity contribution in [3.8, 4) is 0 Å². The number of nitrogens with two attached hydrogens (primary N) is 1. The minimum atomic E-state index is -1.15. The zero-order chi connectivity index (χ0) is 8.97. The smallest absolute Gasteiger partial charge is 0.255 e. The molecule has 0 saturated heterocycles. The molecule has 1 amide bonds. The molecule has 1 atom stereocenters. The van der Waals surface area contributed by atoms with Gasteiger partial charge in [0.1, 0.15) is 11.9 Å². The highest BCUT2D eigenvalue weighted by Gasteiger charge is 2.12. The first kappa shape index (κ1) is 8.76. The first-order valence-electron chi connectivity index (χ1n) is 3.56. The van der Waals surface area contributed by atoms with Gasteiger partial charge in [-0.3, -0.25) is 4.79 Å². The first-order chi connectivity index (χ1) is 5.74. The Labute approximate surface area is 69.6 Å². The summed E-state index contributed by atoms with van der Waals surface area (Å²) >= 11 is 0. The Balaban J connectivity index is 2.47. The van der Waals surface area contributed by atoms with E-state index in [4.69, 9.17) is 10.8 Å². The van der Waals surface area contributed by atoms with Crippen molar-refractivity contribution in [3.05, 3.63) is 18.3 Å². The zero-order valence-corrected chi connectivity index (χ0v) is 6.45. The first-order valence-corrected chi connectivity index (χ1v) is 3.56. The Morgan fingerprint density at radius 1 is 1.83 bits per heavy atom. The van der Waals surface area contributed by atoms with Crippen LogP contribution in [0, 0.1) is 0 Å². The molecule has 1 aromatic rings. The molecule has 0 spiro atoms. The second kappa shape index (κ2) is 3.89. The fraction of sp³-hybridized carbons (Fsp3) is 0.286. The third-order valence-corrected chi connectivity index (χ3v) is 1.38. The Bertz CT molecular complexity index is 245. The molecule has 66 valence electrons. The van der Waals surface area contributed by atoms with E-state index in [2.05, 4.69) is 10.3 Å². The van der Waals surface area contributed by atoms with Crippen LogP contribution in [-0.2, 0) is 4.79 Å². The van der Waals surface area contributed by atoms with E-state index in [-0.39, 0.29) is 6.54 Å². The number of hydrogen-bond acceptors (Lipinski definition) is 3. The van der Waals surface area contributed by atoms with E-state index in [0.717, 1.165) is 0 Å². The Hall–Kier alpha value is -1.33. The molecule has 5 N–H and O–H groups in total. The number of aliphatic hydroxyl groups is 1. The van der Waals surface area contributed by atoms with Crippen LogP contribution in [0.5, 0.6) is 0 Å². The van der Waals surface area contributed by atoms with Crippen molar-refractivity contribution in [1.29, 1.82) is 0 Å². The van der Waals surface area contributed by atoms with Gasteiger partial charge in [-0.05, 0) is 12.1 Å². The predicted octanol–water partition coefficient (Wildman–Crippen LogP) is -0.727. The van der Waals surface area contributed by atoms with Crippen LogP contribution in [0.3, 0.4) is 0 Å². The second-order valence-corrected chi connectivity index (χ2v) is 2.32. The maximum absolute atomic E-state index is 11.0. The number of rotatable bonds is 3. The summed E-state index contributed by atoms with van der Waals surface area (Å²) < 4.78 is 0. The van der Waals surface area contributed by atoms with Gasteiger partial charge in [0.2, 0.25) is 0 Å². The van der Waals surface area contributed by atoms with Crippen molar-refractivity contribution >= 4 is 11.7 Å². The van der Waals surface area contributed by atoms with Crippen molar-refractivity contribution in [2.45, 2.75) is 6.10 Å². The number of anilines is 1. The summed E-state index contributed by atoms with van der Waals surface area (Å²) in [5, 5.41) is 11.4. The average molecular weight is 169 g/mol. The number of nitrogens with one attached hydrogen (secondary N) is 2. The van der Waals surface area contributed by atoms with Crippen LogP contribution in [0.2, 0.25) is 0 Å². The summed E-state index contributed by atoms with van der Waals surface area (Å²) in [6.45, 7) is -0.0768. The monoisotopic (exact) mass is 169 g/mol. The van der Waals surface area contributed by atoms with Crippen molar-refractivity contribution in [3.63, 3.8) is 0 Å². The topological polar surface area (TPSA) is 91.1 Å². The third kappa shape index (κ3) is 2.08. The lowest BCUT2D eigenvalue weighted by molar-refractivity contribution is -0.123. The number of aromatic amines is 1. The van der Waals surface area contributed by atoms with Crippen molar-refractivity contribution < 1.29 is 9.90 Å². The van der Waals surface area contributed by atoms with Gasteiger partial charge in [-0.2, -0.15) is 0 Å². The van der Waals surface area contributed by atoms with Crippen molar-refractivity contribution in [1.82, 2.24) is 4.98 Å². The molecule has 0 fully saturated rings. The molecule has 12 heavy (non-hydrogen) atoms. The summed E-state index contributed by atoms with van der Waals surface area (Å²) in [6, 6.07) is 3.42. The second-order valence-electron chi connectivity index (χ2n) is 2.32. The number of aliphatic hydroxyl groups excluding tert-OH is 1. The van der Waals surface area contributed by atoms with Gasteiger partial charge in [0.15, 0.2) is 0 Å². The van der Waals surface area contributed by atoms with Gasteiger partial charge in [0.25, 0.3) is 5.91 Å². The highest BCUT2D eigenvalue weighted by molar-refractivity contribution is 5.93. The molecule has 5 heteroatoms. The van der Waals surface area contributed by atoms with E-state index in [1.807, 2.05) is 0 Å². The third-order valence-electron chi connectivity index (χ3n) is 1.38. The predicted molar refractivity (Wildman–Crippen MR) is 44.5 cm³/mol. The maximum Gasteiger partial charge on any atom is 0.255 e. The van der Waals surface area contributed by atoms with Crippen LogP contribution in [0.4, 0.5) is 5.82 Å². The van der Waals surface area contributed by atoms with E-state index in [1.54, 1.807) is 18.3 Å². The number of carbonyl (C=O) groups is 1. The van der Waals surface area contributed by atoms with Gasteiger partial charge in [-0.25, -0.2) is 0 Å². The van der Waals surface area contributed by atoms with Gasteiger partial charge < -0.3 is 21.1 Å². The van der Waals surface area contributed by atoms with Gasteiger partial charge in [-0.15, -0.1) is 0 Å². The van der Waals surface area contributed by atoms with Gasteiger partial charge >= 0.3 is 0 Å². The van der Waals surface area contributed by atoms with Gasteiger partial charge in [-0.1, -0.05) is 0 Å². The molecule has 0 bridgehead atoms. The van der Waals surface area contributed by atoms with Crippen molar-refractivity contribution in [2.24, 2.45) is 5.73 Å². The van der Waals surface area contributed by atoms with Crippen LogP contribution in [0.1, 0.15) is 0 Å². The summed E-state index contributed by atoms with van der Waals surface area (Å²) in [6.07, 6.45) is 0.526. The highest BCUT2D eigenvalue weighted by atomic mass is 16.3. The summed E-state index contributed by atoms with van der Waals surface area (Å²) in [5.74, 6) is 0.0486. The van der Waals surface area contributed by atoms with E-state index >= 15 is 0 Å². The van der Waals surface area contributed by atoms with E-state index in [0.29, 0.717) is 5.82 Å². The summed E-state index contributed by atoms with van der Waals surface area (Å²) in [7, 11) is 0. The Morgan fingerprint density at radius 2 is 2.58 bits per heavy atom. The number of hydrogen-bond donors (Lipinski definition) is 4. The molecule has 0 radical (unpaired) electrons. The quantitative estimate of drug-likeness (QED) is 0.481. The zero-order valence-electron chi connectivity index (χ0n) is 6.45. The van der Waals surface area contributed by atoms with Gasteiger partial charge in [0.05, 0.1) is 0 Å². The molecule has 0 aliphatic heterocycles. The molecule has 0 aromatic carbocycles. The molecule has 1 rings (SSSR count). The number of H-pyrrole nitrogens is 1. The van der Waals surface area contributed by atoms with E-state index < -0.39 is 12.0 Å². The van der Waals surface area contributed by atoms with Crippen molar-refractivity contribution in [2.75, 3.05) is 11.9 Å². The lowest BCUT2D eigenvalue weighted by Gasteiger charge is -2.06.